The van der Waals surface area contributed by atoms with E-state index in [1.807, 2.05) is 7.05 Å². The number of hydrogen-bond acceptors (Lipinski definition) is 7. The highest BCUT2D eigenvalue weighted by molar-refractivity contribution is 7.89. The number of aromatic amines is 1. The maximum absolute atomic E-state index is 13.2. The first-order chi connectivity index (χ1) is 16.8. The van der Waals surface area contributed by atoms with Crippen LogP contribution in [-0.4, -0.2) is 77.7 Å². The van der Waals surface area contributed by atoms with Gasteiger partial charge in [-0.15, -0.1) is 0 Å². The maximum Gasteiger partial charge on any atom is 0.262 e. The minimum absolute atomic E-state index is 0. The van der Waals surface area contributed by atoms with Crippen molar-refractivity contribution >= 4 is 21.1 Å². The lowest BCUT2D eigenvalue weighted by molar-refractivity contribution is -0.0000104. The van der Waals surface area contributed by atoms with Crippen LogP contribution in [0.5, 0.6) is 5.75 Å². The predicted octanol–water partition coefficient (Wildman–Crippen LogP) is -0.680. The van der Waals surface area contributed by atoms with Crippen LogP contribution in [0, 0.1) is 0 Å². The first-order valence-electron chi connectivity index (χ1n) is 12.1. The van der Waals surface area contributed by atoms with E-state index in [9.17, 15) is 13.2 Å². The van der Waals surface area contributed by atoms with Gasteiger partial charge in [0.15, 0.2) is 5.65 Å². The smallest absolute Gasteiger partial charge is 0.262 e. The van der Waals surface area contributed by atoms with Crippen molar-refractivity contribution in [3.63, 3.8) is 0 Å². The number of nitrogens with one attached hydrogen (secondary N) is 1. The van der Waals surface area contributed by atoms with Gasteiger partial charge in [0.2, 0.25) is 10.0 Å². The first kappa shape index (κ1) is 26.6. The molecule has 10 nitrogen and oxygen atoms in total. The van der Waals surface area contributed by atoms with Gasteiger partial charge >= 0.3 is 0 Å². The highest BCUT2D eigenvalue weighted by Crippen LogP contribution is 2.35. The second kappa shape index (κ2) is 10.5. The highest BCUT2D eigenvalue weighted by atomic mass is 35.5. The van der Waals surface area contributed by atoms with E-state index in [2.05, 4.69) is 15.0 Å². The Balaban J connectivity index is 0.00000304. The second-order valence-corrected chi connectivity index (χ2v) is 11.5. The monoisotopic (exact) mass is 535 g/mol. The Bertz CT molecular complexity index is 1410. The van der Waals surface area contributed by atoms with Crippen molar-refractivity contribution < 1.29 is 25.6 Å². The third-order valence-corrected chi connectivity index (χ3v) is 9.14. The quantitative estimate of drug-likeness (QED) is 0.460. The van der Waals surface area contributed by atoms with Crippen molar-refractivity contribution in [2.45, 2.75) is 42.9 Å². The fourth-order valence-electron chi connectivity index (χ4n) is 5.18. The van der Waals surface area contributed by atoms with Crippen LogP contribution >= 0.6 is 0 Å². The van der Waals surface area contributed by atoms with Gasteiger partial charge < -0.3 is 27.0 Å². The number of ether oxygens (including phenoxy) is 1. The average molecular weight is 536 g/mol. The Morgan fingerprint density at radius 2 is 1.75 bits per heavy atom. The van der Waals surface area contributed by atoms with Gasteiger partial charge in [-0.1, -0.05) is 19.3 Å². The molecule has 1 N–H and O–H groups in total. The van der Waals surface area contributed by atoms with Gasteiger partial charge in [-0.05, 0) is 32.0 Å². The van der Waals surface area contributed by atoms with E-state index in [0.717, 1.165) is 31.4 Å². The first-order valence-corrected chi connectivity index (χ1v) is 13.6. The molecule has 0 bridgehead atoms. The van der Waals surface area contributed by atoms with Crippen molar-refractivity contribution in [2.24, 2.45) is 7.05 Å². The summed E-state index contributed by atoms with van der Waals surface area (Å²) in [4.78, 5) is 23.1. The SMILES string of the molecule is COc1cc(S(=O)(=O)N2CCN(C)CC2)ccc1-c1nc2c(c(C3CCCCC3)nn2C)c(=O)[nH]1.[Cl-]. The molecule has 0 radical (unpaired) electrons. The lowest BCUT2D eigenvalue weighted by Crippen LogP contribution is -3.00. The van der Waals surface area contributed by atoms with Crippen molar-refractivity contribution in [3.05, 3.63) is 34.2 Å². The van der Waals surface area contributed by atoms with Crippen LogP contribution in [0.2, 0.25) is 0 Å². The molecule has 196 valence electrons. The Morgan fingerprint density at radius 3 is 2.42 bits per heavy atom. The molecule has 1 aliphatic heterocycles. The molecular weight excluding hydrogens is 504 g/mol. The topological polar surface area (TPSA) is 113 Å². The minimum atomic E-state index is -3.66. The molecule has 12 heteroatoms. The molecule has 2 fully saturated rings. The van der Waals surface area contributed by atoms with Gasteiger partial charge in [0.1, 0.15) is 17.0 Å². The summed E-state index contributed by atoms with van der Waals surface area (Å²) >= 11 is 0. The number of rotatable bonds is 5. The molecule has 3 aromatic rings. The number of fused-ring (bicyclic) bond motifs is 1. The zero-order valence-electron chi connectivity index (χ0n) is 20.8. The van der Waals surface area contributed by atoms with Crippen LogP contribution in [0.4, 0.5) is 0 Å². The molecular formula is C24H32ClN6O4S-. The number of halogens is 1. The number of sulfonamides is 1. The van der Waals surface area contributed by atoms with Crippen molar-refractivity contribution in [2.75, 3.05) is 40.3 Å². The summed E-state index contributed by atoms with van der Waals surface area (Å²) in [6.45, 7) is 2.26. The predicted molar refractivity (Wildman–Crippen MR) is 133 cm³/mol. The molecule has 5 rings (SSSR count). The fraction of sp³-hybridized carbons (Fsp3) is 0.542. The molecule has 3 heterocycles. The van der Waals surface area contributed by atoms with Crippen LogP contribution in [0.15, 0.2) is 27.9 Å². The Kier molecular flexibility index (Phi) is 7.75. The number of benzene rings is 1. The van der Waals surface area contributed by atoms with Gasteiger partial charge in [-0.2, -0.15) is 9.40 Å². The van der Waals surface area contributed by atoms with Crippen molar-refractivity contribution in [1.82, 2.24) is 29.0 Å². The summed E-state index contributed by atoms with van der Waals surface area (Å²) in [6.07, 6.45) is 5.58. The van der Waals surface area contributed by atoms with Crippen LogP contribution in [0.3, 0.4) is 0 Å². The number of likely N-dealkylation sites (N-methyl/N-ethyl adjacent to an activating group) is 1. The third kappa shape index (κ3) is 4.77. The molecule has 1 saturated heterocycles. The summed E-state index contributed by atoms with van der Waals surface area (Å²) in [6, 6.07) is 4.70. The number of nitrogens with zero attached hydrogens (tertiary/aromatic N) is 5. The number of piperazine rings is 1. The van der Waals surface area contributed by atoms with Crippen LogP contribution in [0.25, 0.3) is 22.4 Å². The molecule has 0 unspecified atom stereocenters. The van der Waals surface area contributed by atoms with Crippen LogP contribution in [0.1, 0.15) is 43.7 Å². The van der Waals surface area contributed by atoms with E-state index in [1.165, 1.54) is 23.9 Å². The minimum Gasteiger partial charge on any atom is -1.00 e. The van der Waals surface area contributed by atoms with Crippen LogP contribution < -0.4 is 22.7 Å². The van der Waals surface area contributed by atoms with E-state index < -0.39 is 10.0 Å². The molecule has 1 aliphatic carbocycles. The zero-order valence-corrected chi connectivity index (χ0v) is 22.4. The summed E-state index contributed by atoms with van der Waals surface area (Å²) in [7, 11) is 1.60. The van der Waals surface area contributed by atoms with Crippen molar-refractivity contribution in [3.8, 4) is 17.1 Å². The van der Waals surface area contributed by atoms with Gasteiger partial charge in [-0.3, -0.25) is 4.79 Å². The molecule has 0 atom stereocenters. The number of H-pyrrole nitrogens is 1. The lowest BCUT2D eigenvalue weighted by atomic mass is 9.86. The van der Waals surface area contributed by atoms with E-state index in [0.29, 0.717) is 54.3 Å². The molecule has 2 aliphatic rings. The maximum atomic E-state index is 13.2. The summed E-state index contributed by atoms with van der Waals surface area (Å²) in [5, 5.41) is 5.21. The van der Waals surface area contributed by atoms with E-state index >= 15 is 0 Å². The summed E-state index contributed by atoms with van der Waals surface area (Å²) in [5.41, 5.74) is 1.61. The molecule has 36 heavy (non-hydrogen) atoms. The number of methoxy groups -OCH3 is 1. The standard InChI is InChI=1S/C24H32N6O4S.ClH/c1-28-11-13-30(14-12-28)35(32,33)17-9-10-18(19(15-17)34-3)22-25-23-20(24(31)26-22)21(27-29(23)2)16-7-5-4-6-8-16;/h9-10,15-16H,4-8,11-14H2,1-3H3,(H,25,26,31);1H/p-1. The van der Waals surface area contributed by atoms with Crippen molar-refractivity contribution in [1.29, 1.82) is 0 Å². The van der Waals surface area contributed by atoms with Gasteiger partial charge in [-0.25, -0.2) is 18.1 Å². The molecule has 1 saturated carbocycles. The number of aryl methyl sites for hydroxylation is 1. The van der Waals surface area contributed by atoms with E-state index in [4.69, 9.17) is 9.72 Å². The van der Waals surface area contributed by atoms with Gasteiger partial charge in [0.05, 0.1) is 23.3 Å². The summed E-state index contributed by atoms with van der Waals surface area (Å²) in [5.74, 6) is 0.924. The van der Waals surface area contributed by atoms with Gasteiger partial charge in [0, 0.05) is 45.2 Å². The Morgan fingerprint density at radius 1 is 1.06 bits per heavy atom. The fourth-order valence-corrected chi connectivity index (χ4v) is 6.62. The Labute approximate surface area is 217 Å². The third-order valence-electron chi connectivity index (χ3n) is 7.24. The normalized spacial score (nSPS) is 18.3. The second-order valence-electron chi connectivity index (χ2n) is 9.53. The zero-order chi connectivity index (χ0) is 24.7. The lowest BCUT2D eigenvalue weighted by Gasteiger charge is -2.31. The van der Waals surface area contributed by atoms with E-state index in [1.54, 1.807) is 23.9 Å². The average Bonchev–Trinajstić information content (AvgIpc) is 3.21. The molecule has 2 aromatic heterocycles. The van der Waals surface area contributed by atoms with Crippen LogP contribution in [-0.2, 0) is 17.1 Å². The largest absolute Gasteiger partial charge is 1.00 e. The molecule has 1 aromatic carbocycles. The number of hydrogen-bond donors (Lipinski definition) is 1. The molecule has 0 amide bonds. The summed E-state index contributed by atoms with van der Waals surface area (Å²) < 4.78 is 35.1. The van der Waals surface area contributed by atoms with E-state index in [-0.39, 0.29) is 28.8 Å². The molecule has 0 spiro atoms. The number of aromatic nitrogens is 4. The Hall–Kier alpha value is -2.47. The highest BCUT2D eigenvalue weighted by Gasteiger charge is 2.29. The van der Waals surface area contributed by atoms with Gasteiger partial charge in [0.25, 0.3) is 5.56 Å².